The van der Waals surface area contributed by atoms with Crippen LogP contribution in [0.5, 0.6) is 0 Å². The largest absolute Gasteiger partial charge is 0.288 e. The molecule has 88 valence electrons. The molecular formula is C13H10Cl2OS. The lowest BCUT2D eigenvalue weighted by molar-refractivity contribution is 0.104. The number of halogens is 2. The molecule has 0 bridgehead atoms. The highest BCUT2D eigenvalue weighted by molar-refractivity contribution is 7.14. The van der Waals surface area contributed by atoms with Crippen molar-refractivity contribution in [3.8, 4) is 0 Å². The predicted octanol–water partition coefficient (Wildman–Crippen LogP) is 4.90. The van der Waals surface area contributed by atoms with Crippen LogP contribution in [0.15, 0.2) is 24.3 Å². The molecule has 0 unspecified atom stereocenters. The lowest BCUT2D eigenvalue weighted by Gasteiger charge is -2.00. The second kappa shape index (κ2) is 4.81. The summed E-state index contributed by atoms with van der Waals surface area (Å²) in [6, 6.07) is 6.85. The number of hydrogen-bond acceptors (Lipinski definition) is 2. The number of benzene rings is 1. The highest BCUT2D eigenvalue weighted by Crippen LogP contribution is 2.27. The Kier molecular flexibility index (Phi) is 3.57. The van der Waals surface area contributed by atoms with E-state index in [1.54, 1.807) is 18.2 Å². The monoisotopic (exact) mass is 284 g/mol. The van der Waals surface area contributed by atoms with Crippen molar-refractivity contribution in [2.45, 2.75) is 13.8 Å². The molecule has 2 rings (SSSR count). The van der Waals surface area contributed by atoms with E-state index in [1.165, 1.54) is 11.3 Å². The third kappa shape index (κ3) is 2.54. The van der Waals surface area contributed by atoms with E-state index in [2.05, 4.69) is 0 Å². The van der Waals surface area contributed by atoms with Gasteiger partial charge in [0.05, 0.1) is 14.9 Å². The van der Waals surface area contributed by atoms with Gasteiger partial charge in [-0.1, -0.05) is 23.2 Å². The molecule has 0 radical (unpaired) electrons. The first kappa shape index (κ1) is 12.6. The zero-order valence-corrected chi connectivity index (χ0v) is 11.7. The second-order valence-corrected chi connectivity index (χ2v) is 5.88. The van der Waals surface area contributed by atoms with Gasteiger partial charge in [0.1, 0.15) is 0 Å². The summed E-state index contributed by atoms with van der Waals surface area (Å²) in [5, 5.41) is 0.865. The Bertz CT molecular complexity index is 568. The molecule has 0 aliphatic carbocycles. The third-order valence-electron chi connectivity index (χ3n) is 2.57. The molecule has 0 amide bonds. The van der Waals surface area contributed by atoms with Gasteiger partial charge in [0.25, 0.3) is 0 Å². The summed E-state index contributed by atoms with van der Waals surface area (Å²) in [4.78, 5) is 14.1. The van der Waals surface area contributed by atoms with Crippen LogP contribution in [0.2, 0.25) is 10.0 Å². The average Bonchev–Trinajstić information content (AvgIpc) is 2.62. The van der Waals surface area contributed by atoms with Gasteiger partial charge in [0.15, 0.2) is 0 Å². The molecule has 0 N–H and O–H groups in total. The summed E-state index contributed by atoms with van der Waals surface area (Å²) in [5.41, 5.74) is 1.71. The van der Waals surface area contributed by atoms with Gasteiger partial charge in [0.2, 0.25) is 5.78 Å². The maximum absolute atomic E-state index is 12.2. The van der Waals surface area contributed by atoms with Gasteiger partial charge in [-0.25, -0.2) is 0 Å². The fourth-order valence-electron chi connectivity index (χ4n) is 1.46. The Morgan fingerprint density at radius 1 is 1.12 bits per heavy atom. The minimum absolute atomic E-state index is 0.00948. The van der Waals surface area contributed by atoms with Crippen LogP contribution in [0.1, 0.15) is 25.7 Å². The third-order valence-corrected chi connectivity index (χ3v) is 4.46. The van der Waals surface area contributed by atoms with Gasteiger partial charge >= 0.3 is 0 Å². The van der Waals surface area contributed by atoms with Gasteiger partial charge in [-0.2, -0.15) is 0 Å². The van der Waals surface area contributed by atoms with Crippen molar-refractivity contribution in [2.24, 2.45) is 0 Å². The van der Waals surface area contributed by atoms with Gasteiger partial charge in [-0.3, -0.25) is 4.79 Å². The van der Waals surface area contributed by atoms with Crippen molar-refractivity contribution in [1.29, 1.82) is 0 Å². The van der Waals surface area contributed by atoms with E-state index in [0.717, 1.165) is 15.3 Å². The van der Waals surface area contributed by atoms with Gasteiger partial charge in [-0.15, -0.1) is 11.3 Å². The Labute approximate surface area is 114 Å². The topological polar surface area (TPSA) is 17.1 Å². The van der Waals surface area contributed by atoms with E-state index in [1.807, 2.05) is 19.9 Å². The predicted molar refractivity (Wildman–Crippen MR) is 73.7 cm³/mol. The lowest BCUT2D eigenvalue weighted by atomic mass is 10.1. The molecule has 0 aliphatic heterocycles. The number of ketones is 1. The number of aryl methyl sites for hydroxylation is 2. The molecule has 0 fully saturated rings. The highest BCUT2D eigenvalue weighted by Gasteiger charge is 2.13. The molecule has 1 aromatic carbocycles. The first-order valence-electron chi connectivity index (χ1n) is 5.06. The Balaban J connectivity index is 2.40. The SMILES string of the molecule is Cc1cc(C(=O)c2ccc(Cl)c(Cl)c2)sc1C. The van der Waals surface area contributed by atoms with E-state index >= 15 is 0 Å². The number of hydrogen-bond donors (Lipinski definition) is 0. The summed E-state index contributed by atoms with van der Waals surface area (Å²) < 4.78 is 0. The summed E-state index contributed by atoms with van der Waals surface area (Å²) in [7, 11) is 0. The number of rotatable bonds is 2. The zero-order valence-electron chi connectivity index (χ0n) is 9.38. The maximum atomic E-state index is 12.2. The Morgan fingerprint density at radius 2 is 1.82 bits per heavy atom. The Hall–Kier alpha value is -0.830. The van der Waals surface area contributed by atoms with E-state index in [9.17, 15) is 4.79 Å². The standard InChI is InChI=1S/C13H10Cl2OS/c1-7-5-12(17-8(7)2)13(16)9-3-4-10(14)11(15)6-9/h3-6H,1-2H3. The normalized spacial score (nSPS) is 10.6. The van der Waals surface area contributed by atoms with Crippen molar-refractivity contribution >= 4 is 40.3 Å². The summed E-state index contributed by atoms with van der Waals surface area (Å²) in [6.45, 7) is 4.00. The lowest BCUT2D eigenvalue weighted by Crippen LogP contribution is -1.98. The molecular weight excluding hydrogens is 275 g/mol. The van der Waals surface area contributed by atoms with Crippen LogP contribution in [0.3, 0.4) is 0 Å². The fraction of sp³-hybridized carbons (Fsp3) is 0.154. The van der Waals surface area contributed by atoms with Crippen molar-refractivity contribution in [3.05, 3.63) is 55.2 Å². The second-order valence-electron chi connectivity index (χ2n) is 3.81. The number of thiophene rings is 1. The van der Waals surface area contributed by atoms with E-state index in [-0.39, 0.29) is 5.78 Å². The first-order chi connectivity index (χ1) is 7.99. The fourth-order valence-corrected chi connectivity index (χ4v) is 2.76. The molecule has 1 nitrogen and oxygen atoms in total. The molecule has 1 heterocycles. The summed E-state index contributed by atoms with van der Waals surface area (Å²) in [5.74, 6) is -0.00948. The van der Waals surface area contributed by atoms with Gasteiger partial charge in [0, 0.05) is 10.4 Å². The molecule has 0 atom stereocenters. The van der Waals surface area contributed by atoms with Crippen LogP contribution < -0.4 is 0 Å². The van der Waals surface area contributed by atoms with Crippen LogP contribution in [-0.2, 0) is 0 Å². The van der Waals surface area contributed by atoms with E-state index in [4.69, 9.17) is 23.2 Å². The number of carbonyl (C=O) groups is 1. The summed E-state index contributed by atoms with van der Waals surface area (Å²) in [6.07, 6.45) is 0. The van der Waals surface area contributed by atoms with Crippen molar-refractivity contribution in [3.63, 3.8) is 0 Å². The molecule has 0 saturated heterocycles. The maximum Gasteiger partial charge on any atom is 0.203 e. The van der Waals surface area contributed by atoms with Crippen molar-refractivity contribution in [2.75, 3.05) is 0 Å². The van der Waals surface area contributed by atoms with Crippen LogP contribution in [0, 0.1) is 13.8 Å². The van der Waals surface area contributed by atoms with Crippen LogP contribution in [0.4, 0.5) is 0 Å². The molecule has 2 aromatic rings. The highest BCUT2D eigenvalue weighted by atomic mass is 35.5. The molecule has 0 spiro atoms. The first-order valence-corrected chi connectivity index (χ1v) is 6.63. The van der Waals surface area contributed by atoms with Gasteiger partial charge < -0.3 is 0 Å². The molecule has 4 heteroatoms. The van der Waals surface area contributed by atoms with Crippen LogP contribution in [0.25, 0.3) is 0 Å². The molecule has 0 saturated carbocycles. The minimum atomic E-state index is -0.00948. The average molecular weight is 285 g/mol. The zero-order chi connectivity index (χ0) is 12.6. The minimum Gasteiger partial charge on any atom is -0.288 e. The quantitative estimate of drug-likeness (QED) is 0.717. The summed E-state index contributed by atoms with van der Waals surface area (Å²) >= 11 is 13.2. The van der Waals surface area contributed by atoms with Crippen molar-refractivity contribution < 1.29 is 4.79 Å². The smallest absolute Gasteiger partial charge is 0.203 e. The van der Waals surface area contributed by atoms with E-state index < -0.39 is 0 Å². The van der Waals surface area contributed by atoms with Crippen LogP contribution >= 0.6 is 34.5 Å². The van der Waals surface area contributed by atoms with E-state index in [0.29, 0.717) is 15.6 Å². The number of carbonyl (C=O) groups excluding carboxylic acids is 1. The molecule has 1 aromatic heterocycles. The Morgan fingerprint density at radius 3 is 2.35 bits per heavy atom. The van der Waals surface area contributed by atoms with Crippen molar-refractivity contribution in [1.82, 2.24) is 0 Å². The van der Waals surface area contributed by atoms with Crippen LogP contribution in [-0.4, -0.2) is 5.78 Å². The molecule has 0 aliphatic rings. The van der Waals surface area contributed by atoms with Gasteiger partial charge in [-0.05, 0) is 43.7 Å². The molecule has 17 heavy (non-hydrogen) atoms.